The summed E-state index contributed by atoms with van der Waals surface area (Å²) in [6.07, 6.45) is 5.04. The SMILES string of the molecule is Cc1ccc(Cc2cn3cc(Br)c(C)cc3n2)cc1. The third-order valence-corrected chi connectivity index (χ3v) is 4.12. The molecule has 3 heteroatoms. The lowest BCUT2D eigenvalue weighted by Crippen LogP contribution is -1.87. The lowest BCUT2D eigenvalue weighted by atomic mass is 10.1. The van der Waals surface area contributed by atoms with Crippen LogP contribution in [0.25, 0.3) is 5.65 Å². The highest BCUT2D eigenvalue weighted by Gasteiger charge is 2.05. The van der Waals surface area contributed by atoms with Crippen LogP contribution in [0.5, 0.6) is 0 Å². The summed E-state index contributed by atoms with van der Waals surface area (Å²) in [4.78, 5) is 4.67. The highest BCUT2D eigenvalue weighted by Crippen LogP contribution is 2.19. The molecule has 0 atom stereocenters. The molecule has 1 aromatic carbocycles. The van der Waals surface area contributed by atoms with Crippen LogP contribution in [-0.4, -0.2) is 9.38 Å². The molecule has 0 spiro atoms. The molecule has 2 aromatic heterocycles. The van der Waals surface area contributed by atoms with Crippen LogP contribution in [0.4, 0.5) is 0 Å². The zero-order valence-corrected chi connectivity index (χ0v) is 12.6. The minimum Gasteiger partial charge on any atom is -0.306 e. The predicted octanol–water partition coefficient (Wildman–Crippen LogP) is 4.30. The van der Waals surface area contributed by atoms with Gasteiger partial charge < -0.3 is 4.40 Å². The molecule has 19 heavy (non-hydrogen) atoms. The van der Waals surface area contributed by atoms with Crippen molar-refractivity contribution in [2.45, 2.75) is 20.3 Å². The van der Waals surface area contributed by atoms with Crippen LogP contribution in [0, 0.1) is 13.8 Å². The molecule has 96 valence electrons. The molecule has 3 aromatic rings. The molecule has 2 heterocycles. The van der Waals surface area contributed by atoms with E-state index in [-0.39, 0.29) is 0 Å². The molecule has 2 nitrogen and oxygen atoms in total. The maximum atomic E-state index is 4.67. The molecule has 0 amide bonds. The van der Waals surface area contributed by atoms with Gasteiger partial charge in [0.2, 0.25) is 0 Å². The van der Waals surface area contributed by atoms with E-state index >= 15 is 0 Å². The van der Waals surface area contributed by atoms with Crippen molar-refractivity contribution in [3.8, 4) is 0 Å². The number of pyridine rings is 1. The van der Waals surface area contributed by atoms with Gasteiger partial charge >= 0.3 is 0 Å². The summed E-state index contributed by atoms with van der Waals surface area (Å²) < 4.78 is 3.18. The first-order valence-corrected chi connectivity index (χ1v) is 7.10. The Morgan fingerprint density at radius 1 is 1.11 bits per heavy atom. The number of imidazole rings is 1. The van der Waals surface area contributed by atoms with Crippen molar-refractivity contribution in [3.05, 3.63) is 69.6 Å². The molecule has 0 fully saturated rings. The van der Waals surface area contributed by atoms with Gasteiger partial charge in [0.05, 0.1) is 5.69 Å². The Kier molecular flexibility index (Phi) is 3.15. The molecule has 0 aliphatic heterocycles. The first-order valence-electron chi connectivity index (χ1n) is 6.31. The fourth-order valence-electron chi connectivity index (χ4n) is 2.16. The van der Waals surface area contributed by atoms with E-state index in [0.29, 0.717) is 0 Å². The van der Waals surface area contributed by atoms with Gasteiger partial charge in [-0.1, -0.05) is 29.8 Å². The fraction of sp³-hybridized carbons (Fsp3) is 0.188. The number of rotatable bonds is 2. The number of halogens is 1. The van der Waals surface area contributed by atoms with Crippen molar-refractivity contribution < 1.29 is 0 Å². The zero-order chi connectivity index (χ0) is 13.4. The van der Waals surface area contributed by atoms with E-state index < -0.39 is 0 Å². The molecule has 0 aliphatic rings. The third-order valence-electron chi connectivity index (χ3n) is 3.29. The molecular weight excluding hydrogens is 300 g/mol. The average Bonchev–Trinajstić information content (AvgIpc) is 2.74. The maximum absolute atomic E-state index is 4.67. The van der Waals surface area contributed by atoms with Gasteiger partial charge in [0.1, 0.15) is 5.65 Å². The minimum absolute atomic E-state index is 0.874. The Hall–Kier alpha value is -1.61. The second-order valence-electron chi connectivity index (χ2n) is 4.96. The number of benzene rings is 1. The quantitative estimate of drug-likeness (QED) is 0.689. The van der Waals surface area contributed by atoms with E-state index in [9.17, 15) is 0 Å². The van der Waals surface area contributed by atoms with Crippen LogP contribution in [0.2, 0.25) is 0 Å². The summed E-state index contributed by atoms with van der Waals surface area (Å²) in [6, 6.07) is 10.7. The van der Waals surface area contributed by atoms with Gasteiger partial charge in [0.25, 0.3) is 0 Å². The third kappa shape index (κ3) is 2.56. The monoisotopic (exact) mass is 314 g/mol. The Morgan fingerprint density at radius 2 is 1.84 bits per heavy atom. The van der Waals surface area contributed by atoms with E-state index in [1.165, 1.54) is 16.7 Å². The number of nitrogens with zero attached hydrogens (tertiary/aromatic N) is 2. The Balaban J connectivity index is 1.95. The van der Waals surface area contributed by atoms with E-state index in [1.54, 1.807) is 0 Å². The van der Waals surface area contributed by atoms with Crippen LogP contribution in [0.3, 0.4) is 0 Å². The van der Waals surface area contributed by atoms with Crippen molar-refractivity contribution in [2.75, 3.05) is 0 Å². The average molecular weight is 315 g/mol. The number of hydrogen-bond acceptors (Lipinski definition) is 1. The summed E-state index contributed by atoms with van der Waals surface area (Å²) in [7, 11) is 0. The molecule has 0 aliphatic carbocycles. The number of hydrogen-bond donors (Lipinski definition) is 0. The molecule has 0 unspecified atom stereocenters. The Morgan fingerprint density at radius 3 is 2.58 bits per heavy atom. The predicted molar refractivity (Wildman–Crippen MR) is 81.6 cm³/mol. The van der Waals surface area contributed by atoms with Gasteiger partial charge in [0, 0.05) is 23.3 Å². The van der Waals surface area contributed by atoms with Gasteiger partial charge in [-0.3, -0.25) is 0 Å². The van der Waals surface area contributed by atoms with Crippen LogP contribution in [0.15, 0.2) is 47.2 Å². The zero-order valence-electron chi connectivity index (χ0n) is 11.0. The van der Waals surface area contributed by atoms with Crippen LogP contribution in [-0.2, 0) is 6.42 Å². The van der Waals surface area contributed by atoms with Crippen molar-refractivity contribution in [3.63, 3.8) is 0 Å². The molecule has 0 N–H and O–H groups in total. The van der Waals surface area contributed by atoms with Gasteiger partial charge in [-0.05, 0) is 47.0 Å². The summed E-state index contributed by atoms with van der Waals surface area (Å²) >= 11 is 3.55. The standard InChI is InChI=1S/C16H15BrN2/c1-11-3-5-13(6-4-11)8-14-9-19-10-15(17)12(2)7-16(19)18-14/h3-7,9-10H,8H2,1-2H3. The Labute approximate surface area is 121 Å². The minimum atomic E-state index is 0.874. The van der Waals surface area contributed by atoms with Gasteiger partial charge in [0.15, 0.2) is 0 Å². The second kappa shape index (κ2) is 4.82. The topological polar surface area (TPSA) is 17.3 Å². The van der Waals surface area contributed by atoms with E-state index in [2.05, 4.69) is 81.9 Å². The van der Waals surface area contributed by atoms with Crippen LogP contribution >= 0.6 is 15.9 Å². The summed E-state index contributed by atoms with van der Waals surface area (Å²) in [5, 5.41) is 0. The number of fused-ring (bicyclic) bond motifs is 1. The second-order valence-corrected chi connectivity index (χ2v) is 5.82. The highest BCUT2D eigenvalue weighted by molar-refractivity contribution is 9.10. The molecule has 3 rings (SSSR count). The van der Waals surface area contributed by atoms with E-state index in [4.69, 9.17) is 0 Å². The van der Waals surface area contributed by atoms with Crippen molar-refractivity contribution >= 4 is 21.6 Å². The first kappa shape index (κ1) is 12.4. The molecular formula is C16H15BrN2. The van der Waals surface area contributed by atoms with Crippen LogP contribution in [0.1, 0.15) is 22.4 Å². The Bertz CT molecular complexity index is 687. The van der Waals surface area contributed by atoms with Gasteiger partial charge in [-0.2, -0.15) is 0 Å². The van der Waals surface area contributed by atoms with Crippen LogP contribution < -0.4 is 0 Å². The normalized spacial score (nSPS) is 11.1. The first-order chi connectivity index (χ1) is 9.11. The van der Waals surface area contributed by atoms with Crippen molar-refractivity contribution in [1.29, 1.82) is 0 Å². The maximum Gasteiger partial charge on any atom is 0.137 e. The fourth-order valence-corrected chi connectivity index (χ4v) is 2.49. The van der Waals surface area contributed by atoms with Gasteiger partial charge in [-0.15, -0.1) is 0 Å². The summed E-state index contributed by atoms with van der Waals surface area (Å²) in [5.74, 6) is 0. The largest absolute Gasteiger partial charge is 0.306 e. The highest BCUT2D eigenvalue weighted by atomic mass is 79.9. The van der Waals surface area contributed by atoms with Crippen molar-refractivity contribution in [2.24, 2.45) is 0 Å². The lowest BCUT2D eigenvalue weighted by molar-refractivity contribution is 1.11. The lowest BCUT2D eigenvalue weighted by Gasteiger charge is -1.98. The molecule has 0 saturated carbocycles. The van der Waals surface area contributed by atoms with E-state index in [0.717, 1.165) is 22.2 Å². The molecule has 0 bridgehead atoms. The number of aromatic nitrogens is 2. The molecule has 0 radical (unpaired) electrons. The van der Waals surface area contributed by atoms with Crippen molar-refractivity contribution in [1.82, 2.24) is 9.38 Å². The summed E-state index contributed by atoms with van der Waals surface area (Å²) in [5.41, 5.74) is 5.90. The molecule has 0 saturated heterocycles. The van der Waals surface area contributed by atoms with Gasteiger partial charge in [-0.25, -0.2) is 4.98 Å². The van der Waals surface area contributed by atoms with E-state index in [1.807, 2.05) is 0 Å². The number of aryl methyl sites for hydroxylation is 2. The summed E-state index contributed by atoms with van der Waals surface area (Å²) in [6.45, 7) is 4.19. The smallest absolute Gasteiger partial charge is 0.137 e.